The molecule has 16 heteroatoms. The fourth-order valence-corrected chi connectivity index (χ4v) is 15.2. The lowest BCUT2D eigenvalue weighted by molar-refractivity contribution is 0.315. The molecule has 0 aliphatic heterocycles. The summed E-state index contributed by atoms with van der Waals surface area (Å²) in [6.07, 6.45) is 0. The first-order chi connectivity index (χ1) is 42.9. The highest BCUT2D eigenvalue weighted by Gasteiger charge is 2.19. The summed E-state index contributed by atoms with van der Waals surface area (Å²) in [7, 11) is 0. The molecular weight excluding hydrogens is 1200 g/mol. The van der Waals surface area contributed by atoms with Crippen molar-refractivity contribution in [3.05, 3.63) is 236 Å². The summed E-state index contributed by atoms with van der Waals surface area (Å²) in [6.45, 7) is 16.8. The fourth-order valence-electron chi connectivity index (χ4n) is 10.4. The van der Waals surface area contributed by atoms with Crippen molar-refractivity contribution in [2.24, 2.45) is 0 Å². The number of thiophene rings is 4. The summed E-state index contributed by atoms with van der Waals surface area (Å²) in [5, 5.41) is 16.5. The lowest BCUT2D eigenvalue weighted by Gasteiger charge is -2.07. The number of aryl methyl sites for hydroxylation is 8. The molecule has 8 aromatic heterocycles. The lowest BCUT2D eigenvalue weighted by atomic mass is 9.97. The molecule has 0 saturated carbocycles. The van der Waals surface area contributed by atoms with Crippen LogP contribution in [0.4, 0.5) is 0 Å². The molecule has 10 nitrogen and oxygen atoms in total. The molecule has 16 rings (SSSR count). The molecule has 0 atom stereocenters. The zero-order chi connectivity index (χ0) is 60.4. The molecule has 0 N–H and O–H groups in total. The van der Waals surface area contributed by atoms with Crippen LogP contribution in [0.1, 0.15) is 41.8 Å². The molecule has 0 radical (unpaired) electrons. The molecule has 0 amide bonds. The summed E-state index contributed by atoms with van der Waals surface area (Å²) < 4.78 is 28.2. The fraction of sp³-hybridized carbons (Fsp3) is 0.111. The maximum atomic E-state index is 5.04. The van der Waals surface area contributed by atoms with Gasteiger partial charge in [-0.1, -0.05) is 168 Å². The third kappa shape index (κ3) is 12.2. The van der Waals surface area contributed by atoms with Gasteiger partial charge in [0.2, 0.25) is 0 Å². The highest BCUT2D eigenvalue weighted by Crippen LogP contribution is 2.42. The second-order valence-electron chi connectivity index (χ2n) is 21.6. The molecule has 88 heavy (non-hydrogen) atoms. The van der Waals surface area contributed by atoms with Crippen molar-refractivity contribution in [2.75, 3.05) is 0 Å². The smallest absolute Gasteiger partial charge is 0.144 e. The number of aromatic nitrogens is 8. The average molecular weight is 1260 g/mol. The summed E-state index contributed by atoms with van der Waals surface area (Å²) in [5.41, 5.74) is 25.8. The molecule has 0 saturated heterocycles. The molecule has 8 aromatic carbocycles. The van der Waals surface area contributed by atoms with Gasteiger partial charge in [-0.25, -0.2) is 9.26 Å². The molecule has 0 spiro atoms. The van der Waals surface area contributed by atoms with Crippen molar-refractivity contribution >= 4 is 113 Å². The first-order valence-electron chi connectivity index (χ1n) is 28.5. The number of benzene rings is 8. The third-order valence-corrected chi connectivity index (χ3v) is 20.3. The minimum absolute atomic E-state index is 0.798. The molecule has 0 aliphatic carbocycles. The Morgan fingerprint density at radius 3 is 0.659 bits per heavy atom. The van der Waals surface area contributed by atoms with Crippen LogP contribution >= 0.6 is 68.8 Å². The van der Waals surface area contributed by atoms with E-state index in [-0.39, 0.29) is 0 Å². The number of nitrogens with zero attached hydrogens (tertiary/aromatic N) is 8. The van der Waals surface area contributed by atoms with E-state index in [4.69, 9.17) is 9.26 Å². The van der Waals surface area contributed by atoms with Crippen molar-refractivity contribution in [2.45, 2.75) is 55.4 Å². The van der Waals surface area contributed by atoms with E-state index in [1.54, 1.807) is 45.3 Å². The first kappa shape index (κ1) is 58.0. The van der Waals surface area contributed by atoms with Crippen LogP contribution in [0.2, 0.25) is 0 Å². The van der Waals surface area contributed by atoms with E-state index < -0.39 is 0 Å². The van der Waals surface area contributed by atoms with E-state index in [0.717, 1.165) is 88.6 Å². The minimum atomic E-state index is 0.798. The summed E-state index contributed by atoms with van der Waals surface area (Å²) in [5.74, 6) is 0. The number of hydrogen-bond acceptors (Lipinski definition) is 16. The average Bonchev–Trinajstić information content (AvgIpc) is 3.14. The largest absolute Gasteiger partial charge is 0.243 e. The van der Waals surface area contributed by atoms with Crippen molar-refractivity contribution in [3.8, 4) is 86.3 Å². The van der Waals surface area contributed by atoms with Crippen molar-refractivity contribution < 1.29 is 9.26 Å². The van der Waals surface area contributed by atoms with Gasteiger partial charge in [0, 0.05) is 83.5 Å². The molecular formula is C72H56N8O2S6. The Morgan fingerprint density at radius 1 is 0.216 bits per heavy atom. The Labute approximate surface area is 533 Å². The van der Waals surface area contributed by atoms with E-state index in [1.807, 2.05) is 0 Å². The van der Waals surface area contributed by atoms with Gasteiger partial charge in [0.15, 0.2) is 0 Å². The Balaban J connectivity index is 0.000000108. The van der Waals surface area contributed by atoms with Gasteiger partial charge in [-0.15, -0.1) is 45.3 Å². The van der Waals surface area contributed by atoms with Crippen molar-refractivity contribution in [1.29, 1.82) is 0 Å². The topological polar surface area (TPSA) is 129 Å². The van der Waals surface area contributed by atoms with E-state index >= 15 is 0 Å². The van der Waals surface area contributed by atoms with Crippen LogP contribution in [0.3, 0.4) is 0 Å². The molecule has 0 aliphatic rings. The summed E-state index contributed by atoms with van der Waals surface area (Å²) in [6, 6.07) is 68.1. The van der Waals surface area contributed by atoms with Crippen LogP contribution in [0.5, 0.6) is 0 Å². The van der Waals surface area contributed by atoms with Gasteiger partial charge < -0.3 is 0 Å². The Hall–Kier alpha value is -9.00. The number of hydrogen-bond donors (Lipinski definition) is 0. The van der Waals surface area contributed by atoms with Crippen molar-refractivity contribution in [1.82, 2.24) is 38.1 Å². The van der Waals surface area contributed by atoms with Gasteiger partial charge in [-0.05, 0) is 147 Å². The SMILES string of the molecule is Cc1ccc(-c2ccc(-c3ccc(C)cc3)c3nonc23)cc1.Cc1ccc(-c2ccc(-c3ccc(C)cc3)c3nsnc23)cc1.Cc1ccc(-c2ccc(-c3ccc(C)s3)c3nonc23)s1.Cc1ccc(-c2ccc(-c3ccc(C)s3)c3nsnc23)s1. The Kier molecular flexibility index (Phi) is 16.7. The standard InChI is InChI=1S/C20H16N2O.C20H16N2S.C16H12N2OS2.C16H12N2S3/c2*1-13-3-7-15(8-4-13)17-11-12-18(20-19(17)21-23-22-20)16-9-5-14(2)6-10-16;1-9-3-7-13(20-9)11-5-6-12(14-8-4-10(2)21-14)16-15(11)17-19-18-16;1-9-3-7-13(19-9)11-5-6-12(14-8-4-10(2)20-14)16-15(11)17-21-18-16/h2*3-12H,1-2H3;2*3-8H,1-2H3. The normalized spacial score (nSPS) is 11.2. The second-order valence-corrected chi connectivity index (χ2v) is 27.8. The third-order valence-electron chi connectivity index (χ3n) is 15.1. The van der Waals surface area contributed by atoms with E-state index in [9.17, 15) is 0 Å². The van der Waals surface area contributed by atoms with Crippen LogP contribution in [-0.4, -0.2) is 38.1 Å². The highest BCUT2D eigenvalue weighted by molar-refractivity contribution is 7.16. The van der Waals surface area contributed by atoms with Gasteiger partial charge in [-0.3, -0.25) is 0 Å². The van der Waals surface area contributed by atoms with Crippen LogP contribution in [-0.2, 0) is 0 Å². The molecule has 8 heterocycles. The van der Waals surface area contributed by atoms with Crippen LogP contribution < -0.4 is 0 Å². The molecule has 0 bridgehead atoms. The second kappa shape index (κ2) is 25.4. The number of rotatable bonds is 8. The van der Waals surface area contributed by atoms with Gasteiger partial charge in [0.1, 0.15) is 44.1 Å². The van der Waals surface area contributed by atoms with Crippen LogP contribution in [0.25, 0.3) is 130 Å². The predicted molar refractivity (Wildman–Crippen MR) is 371 cm³/mol. The minimum Gasteiger partial charge on any atom is -0.243 e. The number of fused-ring (bicyclic) bond motifs is 4. The van der Waals surface area contributed by atoms with Crippen molar-refractivity contribution in [3.63, 3.8) is 0 Å². The van der Waals surface area contributed by atoms with Crippen LogP contribution in [0, 0.1) is 55.4 Å². The van der Waals surface area contributed by atoms with E-state index in [1.165, 1.54) is 107 Å². The molecule has 0 unspecified atom stereocenters. The summed E-state index contributed by atoms with van der Waals surface area (Å²) in [4.78, 5) is 10.1. The molecule has 432 valence electrons. The maximum absolute atomic E-state index is 5.04. The van der Waals surface area contributed by atoms with Gasteiger partial charge in [-0.2, -0.15) is 17.5 Å². The monoisotopic (exact) mass is 1260 g/mol. The first-order valence-corrected chi connectivity index (χ1v) is 33.2. The zero-order valence-electron chi connectivity index (χ0n) is 49.3. The Morgan fingerprint density at radius 2 is 0.420 bits per heavy atom. The van der Waals surface area contributed by atoms with E-state index in [0.29, 0.717) is 0 Å². The Bertz CT molecular complexity index is 4450. The molecule has 0 fully saturated rings. The maximum Gasteiger partial charge on any atom is 0.144 e. The summed E-state index contributed by atoms with van der Waals surface area (Å²) >= 11 is 9.69. The predicted octanol–water partition coefficient (Wildman–Crippen LogP) is 21.9. The zero-order valence-corrected chi connectivity index (χ0v) is 54.2. The van der Waals surface area contributed by atoms with E-state index in [2.05, 4.69) is 288 Å². The molecule has 16 aromatic rings. The van der Waals surface area contributed by atoms with Gasteiger partial charge in [0.05, 0.1) is 23.5 Å². The van der Waals surface area contributed by atoms with Gasteiger partial charge >= 0.3 is 0 Å². The van der Waals surface area contributed by atoms with Crippen LogP contribution in [0.15, 0.2) is 203 Å². The van der Waals surface area contributed by atoms with Gasteiger partial charge in [0.25, 0.3) is 0 Å². The quantitative estimate of drug-likeness (QED) is 0.145. The highest BCUT2D eigenvalue weighted by atomic mass is 32.1. The lowest BCUT2D eigenvalue weighted by Crippen LogP contribution is -1.86.